The highest BCUT2D eigenvalue weighted by atomic mass is 79.9. The third-order valence-corrected chi connectivity index (χ3v) is 2.33. The largest absolute Gasteiger partial charge is 0.299 e. The van der Waals surface area contributed by atoms with E-state index in [-0.39, 0.29) is 0 Å². The van der Waals surface area contributed by atoms with Crippen molar-refractivity contribution >= 4 is 21.7 Å². The average Bonchev–Trinajstić information content (AvgIpc) is 2.04. The van der Waals surface area contributed by atoms with Gasteiger partial charge in [0.05, 0.1) is 5.33 Å². The summed E-state index contributed by atoms with van der Waals surface area (Å²) in [6, 6.07) is 0. The van der Waals surface area contributed by atoms with Crippen LogP contribution in [0.5, 0.6) is 0 Å². The first-order valence-corrected chi connectivity index (χ1v) is 5.51. The molecule has 2 heteroatoms. The summed E-state index contributed by atoms with van der Waals surface area (Å²) in [5.41, 5.74) is 0. The van der Waals surface area contributed by atoms with E-state index in [0.29, 0.717) is 11.1 Å². The number of unbranched alkanes of at least 4 members (excludes halogenated alkanes) is 4. The lowest BCUT2D eigenvalue weighted by Gasteiger charge is -1.97. The van der Waals surface area contributed by atoms with Gasteiger partial charge in [0.2, 0.25) is 0 Å². The Morgan fingerprint density at radius 1 is 1.18 bits per heavy atom. The van der Waals surface area contributed by atoms with Crippen LogP contribution in [0, 0.1) is 0 Å². The Balaban J connectivity index is 2.95. The Kier molecular flexibility index (Phi) is 8.36. The minimum Gasteiger partial charge on any atom is -0.299 e. The molecule has 0 saturated carbocycles. The molecular weight excluding hydrogens is 204 g/mol. The fourth-order valence-electron chi connectivity index (χ4n) is 0.993. The quantitative estimate of drug-likeness (QED) is 0.476. The van der Waals surface area contributed by atoms with Gasteiger partial charge in [-0.05, 0) is 6.42 Å². The monoisotopic (exact) mass is 220 g/mol. The Morgan fingerprint density at radius 2 is 1.82 bits per heavy atom. The molecule has 0 atom stereocenters. The van der Waals surface area contributed by atoms with Gasteiger partial charge in [0.1, 0.15) is 5.78 Å². The maximum absolute atomic E-state index is 10.8. The molecule has 0 aromatic rings. The van der Waals surface area contributed by atoms with Gasteiger partial charge in [0, 0.05) is 6.42 Å². The molecular formula is C9H17BrO. The first-order chi connectivity index (χ1) is 5.31. The second kappa shape index (κ2) is 8.25. The summed E-state index contributed by atoms with van der Waals surface area (Å²) >= 11 is 3.15. The van der Waals surface area contributed by atoms with Gasteiger partial charge in [-0.25, -0.2) is 0 Å². The number of hydrogen-bond acceptors (Lipinski definition) is 1. The lowest BCUT2D eigenvalue weighted by Crippen LogP contribution is -1.97. The van der Waals surface area contributed by atoms with Crippen molar-refractivity contribution in [1.29, 1.82) is 0 Å². The minimum absolute atomic E-state index is 0.335. The van der Waals surface area contributed by atoms with Gasteiger partial charge in [0.25, 0.3) is 0 Å². The molecule has 0 aliphatic heterocycles. The SMILES string of the molecule is CCCCCCCC(=O)CBr. The number of ketones is 1. The van der Waals surface area contributed by atoms with Gasteiger partial charge < -0.3 is 0 Å². The molecule has 0 radical (unpaired) electrons. The van der Waals surface area contributed by atoms with Crippen LogP contribution in [0.1, 0.15) is 45.4 Å². The summed E-state index contributed by atoms with van der Waals surface area (Å²) in [5, 5.41) is 0.529. The number of carbonyl (C=O) groups excluding carboxylic acids is 1. The smallest absolute Gasteiger partial charge is 0.143 e. The standard InChI is InChI=1S/C9H17BrO/c1-2-3-4-5-6-7-9(11)8-10/h2-8H2,1H3. The van der Waals surface area contributed by atoms with Crippen LogP contribution in [-0.4, -0.2) is 11.1 Å². The summed E-state index contributed by atoms with van der Waals surface area (Å²) in [6.45, 7) is 2.20. The number of Topliss-reactive ketones (excluding diaryl/α,β-unsaturated/α-hetero) is 1. The number of hydrogen-bond donors (Lipinski definition) is 0. The van der Waals surface area contributed by atoms with Gasteiger partial charge in [-0.15, -0.1) is 0 Å². The third-order valence-electron chi connectivity index (χ3n) is 1.71. The van der Waals surface area contributed by atoms with Crippen molar-refractivity contribution in [1.82, 2.24) is 0 Å². The van der Waals surface area contributed by atoms with Crippen LogP contribution >= 0.6 is 15.9 Å². The molecule has 0 N–H and O–H groups in total. The molecule has 66 valence electrons. The first-order valence-electron chi connectivity index (χ1n) is 4.39. The normalized spacial score (nSPS) is 10.0. The van der Waals surface area contributed by atoms with Crippen molar-refractivity contribution in [2.75, 3.05) is 5.33 Å². The third kappa shape index (κ3) is 8.05. The van der Waals surface area contributed by atoms with Crippen LogP contribution < -0.4 is 0 Å². The number of alkyl halides is 1. The van der Waals surface area contributed by atoms with Gasteiger partial charge >= 0.3 is 0 Å². The van der Waals surface area contributed by atoms with Crippen molar-refractivity contribution in [3.63, 3.8) is 0 Å². The zero-order valence-corrected chi connectivity index (χ0v) is 8.82. The molecule has 0 aliphatic rings. The Morgan fingerprint density at radius 3 is 2.36 bits per heavy atom. The maximum Gasteiger partial charge on any atom is 0.143 e. The summed E-state index contributed by atoms with van der Waals surface area (Å²) in [7, 11) is 0. The van der Waals surface area contributed by atoms with E-state index < -0.39 is 0 Å². The summed E-state index contributed by atoms with van der Waals surface area (Å²) < 4.78 is 0. The summed E-state index contributed by atoms with van der Waals surface area (Å²) in [4.78, 5) is 10.8. The number of carbonyl (C=O) groups is 1. The van der Waals surface area contributed by atoms with Crippen LogP contribution in [0.2, 0.25) is 0 Å². The molecule has 0 aromatic carbocycles. The molecule has 11 heavy (non-hydrogen) atoms. The van der Waals surface area contributed by atoms with Crippen molar-refractivity contribution < 1.29 is 4.79 Å². The molecule has 0 spiro atoms. The van der Waals surface area contributed by atoms with Gasteiger partial charge in [0.15, 0.2) is 0 Å². The summed E-state index contributed by atoms with van der Waals surface area (Å²) in [5.74, 6) is 0.335. The predicted molar refractivity (Wildman–Crippen MR) is 52.2 cm³/mol. The minimum atomic E-state index is 0.335. The van der Waals surface area contributed by atoms with Crippen molar-refractivity contribution in [3.8, 4) is 0 Å². The van der Waals surface area contributed by atoms with E-state index in [1.807, 2.05) is 0 Å². The fourth-order valence-corrected chi connectivity index (χ4v) is 1.27. The molecule has 0 saturated heterocycles. The van der Waals surface area contributed by atoms with E-state index in [2.05, 4.69) is 22.9 Å². The van der Waals surface area contributed by atoms with E-state index in [1.54, 1.807) is 0 Å². The van der Waals surface area contributed by atoms with E-state index in [9.17, 15) is 4.79 Å². The van der Waals surface area contributed by atoms with E-state index >= 15 is 0 Å². The Labute approximate surface area is 77.7 Å². The van der Waals surface area contributed by atoms with Crippen molar-refractivity contribution in [2.24, 2.45) is 0 Å². The van der Waals surface area contributed by atoms with Gasteiger partial charge in [-0.1, -0.05) is 48.5 Å². The molecule has 0 rings (SSSR count). The molecule has 0 aliphatic carbocycles. The first kappa shape index (κ1) is 11.2. The second-order valence-corrected chi connectivity index (χ2v) is 3.40. The maximum atomic E-state index is 10.8. The molecule has 1 nitrogen and oxygen atoms in total. The highest BCUT2D eigenvalue weighted by molar-refractivity contribution is 9.09. The van der Waals surface area contributed by atoms with Crippen molar-refractivity contribution in [3.05, 3.63) is 0 Å². The summed E-state index contributed by atoms with van der Waals surface area (Å²) in [6.07, 6.45) is 6.91. The topological polar surface area (TPSA) is 17.1 Å². The Hall–Kier alpha value is 0.150. The van der Waals surface area contributed by atoms with Crippen LogP contribution in [-0.2, 0) is 4.79 Å². The van der Waals surface area contributed by atoms with E-state index in [1.165, 1.54) is 25.7 Å². The molecule has 0 heterocycles. The van der Waals surface area contributed by atoms with Crippen molar-refractivity contribution in [2.45, 2.75) is 45.4 Å². The molecule has 0 fully saturated rings. The zero-order chi connectivity index (χ0) is 8.53. The van der Waals surface area contributed by atoms with Gasteiger partial charge in [-0.2, -0.15) is 0 Å². The van der Waals surface area contributed by atoms with E-state index in [0.717, 1.165) is 12.8 Å². The molecule has 0 amide bonds. The lowest BCUT2D eigenvalue weighted by atomic mass is 10.1. The number of halogens is 1. The second-order valence-electron chi connectivity index (χ2n) is 2.84. The number of rotatable bonds is 7. The van der Waals surface area contributed by atoms with Crippen LogP contribution in [0.15, 0.2) is 0 Å². The van der Waals surface area contributed by atoms with Crippen LogP contribution in [0.3, 0.4) is 0 Å². The van der Waals surface area contributed by atoms with Gasteiger partial charge in [-0.3, -0.25) is 4.79 Å². The fraction of sp³-hybridized carbons (Fsp3) is 0.889. The van der Waals surface area contributed by atoms with Crippen LogP contribution in [0.4, 0.5) is 0 Å². The lowest BCUT2D eigenvalue weighted by molar-refractivity contribution is -0.116. The molecule has 0 aromatic heterocycles. The Bertz CT molecular complexity index is 102. The van der Waals surface area contributed by atoms with E-state index in [4.69, 9.17) is 0 Å². The molecule has 0 bridgehead atoms. The highest BCUT2D eigenvalue weighted by Gasteiger charge is 1.97. The zero-order valence-electron chi connectivity index (χ0n) is 7.24. The predicted octanol–water partition coefficient (Wildman–Crippen LogP) is 3.31. The highest BCUT2D eigenvalue weighted by Crippen LogP contribution is 2.05. The molecule has 0 unspecified atom stereocenters. The van der Waals surface area contributed by atoms with Crippen LogP contribution in [0.25, 0.3) is 0 Å². The average molecular weight is 221 g/mol.